The summed E-state index contributed by atoms with van der Waals surface area (Å²) in [6.07, 6.45) is 14.8. The third-order valence-corrected chi connectivity index (χ3v) is 10.0. The number of hydrogen-bond donors (Lipinski definition) is 0. The maximum absolute atomic E-state index is 13.0. The highest BCUT2D eigenvalue weighted by Gasteiger charge is 2.16. The molecule has 12 heteroatoms. The van der Waals surface area contributed by atoms with Crippen molar-refractivity contribution in [3.8, 4) is 34.4 Å². The van der Waals surface area contributed by atoms with Crippen molar-refractivity contribution in [2.45, 2.75) is 101 Å². The van der Waals surface area contributed by atoms with Crippen LogP contribution in [0.2, 0.25) is 0 Å². The zero-order valence-electron chi connectivity index (χ0n) is 29.9. The summed E-state index contributed by atoms with van der Waals surface area (Å²) in [6.45, 7) is 4.44. The molecule has 0 radical (unpaired) electrons. The Kier molecular flexibility index (Phi) is 15.8. The minimum atomic E-state index is -0.609. The summed E-state index contributed by atoms with van der Waals surface area (Å²) in [5.41, 5.74) is 1.85. The van der Waals surface area contributed by atoms with Crippen LogP contribution in [0.25, 0.3) is 22.9 Å². The topological polar surface area (TPSA) is 130 Å². The molecule has 0 N–H and O–H groups in total. The lowest BCUT2D eigenvalue weighted by Gasteiger charge is -2.07. The predicted octanol–water partition coefficient (Wildman–Crippen LogP) is 11.1. The van der Waals surface area contributed by atoms with Crippen LogP contribution in [0, 0.1) is 0 Å². The van der Waals surface area contributed by atoms with Crippen LogP contribution in [-0.4, -0.2) is 43.8 Å². The summed E-state index contributed by atoms with van der Waals surface area (Å²) in [4.78, 5) is 25.9. The SMILES string of the molecule is CCCCCCCCSc1nnc(-c2ccc(OC(=O)c3cccc(C(=O)Oc4ccc(-c5nnc(SCCCCCCCC)o5)cc4)c3)cc2)o1. The number of aromatic nitrogens is 4. The molecule has 0 aliphatic rings. The summed E-state index contributed by atoms with van der Waals surface area (Å²) in [7, 11) is 0. The molecule has 5 aromatic rings. The van der Waals surface area contributed by atoms with Crippen LogP contribution in [0.1, 0.15) is 112 Å². The molecule has 0 saturated carbocycles. The molecule has 2 aromatic heterocycles. The van der Waals surface area contributed by atoms with Gasteiger partial charge in [0.15, 0.2) is 0 Å². The summed E-state index contributed by atoms with van der Waals surface area (Å²) < 4.78 is 22.8. The van der Waals surface area contributed by atoms with Crippen molar-refractivity contribution in [3.63, 3.8) is 0 Å². The first kappa shape index (κ1) is 38.8. The Morgan fingerprint density at radius 2 is 0.942 bits per heavy atom. The van der Waals surface area contributed by atoms with Gasteiger partial charge in [0.2, 0.25) is 11.8 Å². The highest BCUT2D eigenvalue weighted by Crippen LogP contribution is 2.28. The first-order chi connectivity index (χ1) is 25.5. The van der Waals surface area contributed by atoms with E-state index in [0.29, 0.717) is 33.7 Å². The fourth-order valence-corrected chi connectivity index (χ4v) is 6.81. The second-order valence-electron chi connectivity index (χ2n) is 12.4. The molecule has 0 aliphatic heterocycles. The van der Waals surface area contributed by atoms with Crippen molar-refractivity contribution in [2.75, 3.05) is 11.5 Å². The Labute approximate surface area is 313 Å². The quantitative estimate of drug-likeness (QED) is 0.0289. The van der Waals surface area contributed by atoms with E-state index >= 15 is 0 Å². The van der Waals surface area contributed by atoms with E-state index in [-0.39, 0.29) is 11.1 Å². The minimum absolute atomic E-state index is 0.208. The predicted molar refractivity (Wildman–Crippen MR) is 204 cm³/mol. The third-order valence-electron chi connectivity index (χ3n) is 8.22. The van der Waals surface area contributed by atoms with E-state index in [1.54, 1.807) is 90.3 Å². The second-order valence-corrected chi connectivity index (χ2v) is 14.5. The fraction of sp³-hybridized carbons (Fsp3) is 0.400. The maximum Gasteiger partial charge on any atom is 0.343 e. The van der Waals surface area contributed by atoms with Gasteiger partial charge in [-0.25, -0.2) is 9.59 Å². The molecule has 0 spiro atoms. The molecule has 0 unspecified atom stereocenters. The van der Waals surface area contributed by atoms with Crippen molar-refractivity contribution < 1.29 is 27.9 Å². The summed E-state index contributed by atoms with van der Waals surface area (Å²) >= 11 is 3.13. The summed E-state index contributed by atoms with van der Waals surface area (Å²) in [5, 5.41) is 17.7. The molecule has 0 bridgehead atoms. The van der Waals surface area contributed by atoms with E-state index in [1.807, 2.05) is 0 Å². The van der Waals surface area contributed by atoms with Gasteiger partial charge in [-0.1, -0.05) is 108 Å². The van der Waals surface area contributed by atoms with Gasteiger partial charge in [-0.3, -0.25) is 0 Å². The van der Waals surface area contributed by atoms with Gasteiger partial charge in [-0.05, 0) is 79.6 Å². The Morgan fingerprint density at radius 3 is 1.37 bits per heavy atom. The molecule has 0 aliphatic carbocycles. The van der Waals surface area contributed by atoms with Crippen molar-refractivity contribution >= 4 is 35.5 Å². The number of ether oxygens (including phenoxy) is 2. The van der Waals surface area contributed by atoms with Gasteiger partial charge in [0.1, 0.15) is 11.5 Å². The Morgan fingerprint density at radius 1 is 0.538 bits per heavy atom. The lowest BCUT2D eigenvalue weighted by molar-refractivity contribution is 0.0734. The number of unbranched alkanes of at least 4 members (excludes halogenated alkanes) is 10. The lowest BCUT2D eigenvalue weighted by atomic mass is 10.1. The van der Waals surface area contributed by atoms with E-state index in [2.05, 4.69) is 34.2 Å². The summed E-state index contributed by atoms with van der Waals surface area (Å²) in [5.74, 6) is 2.15. The number of thioether (sulfide) groups is 2. The van der Waals surface area contributed by atoms with Gasteiger partial charge in [0, 0.05) is 22.6 Å². The van der Waals surface area contributed by atoms with E-state index < -0.39 is 11.9 Å². The number of carbonyl (C=O) groups excluding carboxylic acids is 2. The third kappa shape index (κ3) is 12.4. The molecular formula is C40H46N4O6S2. The maximum atomic E-state index is 13.0. The number of esters is 2. The number of benzene rings is 3. The molecule has 274 valence electrons. The first-order valence-electron chi connectivity index (χ1n) is 18.2. The number of carbonyl (C=O) groups is 2. The fourth-order valence-electron chi connectivity index (χ4n) is 5.29. The van der Waals surface area contributed by atoms with E-state index in [1.165, 1.54) is 70.3 Å². The van der Waals surface area contributed by atoms with Crippen LogP contribution in [-0.2, 0) is 0 Å². The van der Waals surface area contributed by atoms with Gasteiger partial charge in [-0.15, -0.1) is 20.4 Å². The molecule has 0 saturated heterocycles. The van der Waals surface area contributed by atoms with E-state index in [0.717, 1.165) is 35.5 Å². The van der Waals surface area contributed by atoms with Gasteiger partial charge in [0.05, 0.1) is 11.1 Å². The monoisotopic (exact) mass is 742 g/mol. The molecule has 0 fully saturated rings. The molecule has 0 amide bonds. The first-order valence-corrected chi connectivity index (χ1v) is 20.2. The van der Waals surface area contributed by atoms with Crippen LogP contribution in [0.4, 0.5) is 0 Å². The van der Waals surface area contributed by atoms with Crippen molar-refractivity contribution in [1.82, 2.24) is 20.4 Å². The van der Waals surface area contributed by atoms with Gasteiger partial charge < -0.3 is 18.3 Å². The van der Waals surface area contributed by atoms with E-state index in [4.69, 9.17) is 18.3 Å². The van der Waals surface area contributed by atoms with Gasteiger partial charge in [-0.2, -0.15) is 0 Å². The minimum Gasteiger partial charge on any atom is -0.423 e. The van der Waals surface area contributed by atoms with E-state index in [9.17, 15) is 9.59 Å². The standard InChI is InChI=1S/C40H46N4O6S2/c1-3-5-7-9-11-13-26-51-39-43-41-35(49-39)29-18-22-33(23-19-29)47-37(45)31-16-15-17-32(28-31)38(46)48-34-24-20-30(21-25-34)36-42-44-40(50-36)52-27-14-12-10-8-6-4-2/h15-25,28H,3-14,26-27H2,1-2H3. The van der Waals surface area contributed by atoms with Crippen LogP contribution < -0.4 is 9.47 Å². The van der Waals surface area contributed by atoms with Crippen molar-refractivity contribution in [2.24, 2.45) is 0 Å². The Balaban J connectivity index is 1.07. The van der Waals surface area contributed by atoms with Crippen molar-refractivity contribution in [1.29, 1.82) is 0 Å². The molecule has 5 rings (SSSR count). The normalized spacial score (nSPS) is 11.1. The number of hydrogen-bond acceptors (Lipinski definition) is 12. The van der Waals surface area contributed by atoms with Gasteiger partial charge in [0.25, 0.3) is 10.4 Å². The average molecular weight is 743 g/mol. The Bertz CT molecular complexity index is 1700. The van der Waals surface area contributed by atoms with Crippen LogP contribution in [0.3, 0.4) is 0 Å². The highest BCUT2D eigenvalue weighted by molar-refractivity contribution is 7.99. The smallest absolute Gasteiger partial charge is 0.343 e. The van der Waals surface area contributed by atoms with Crippen LogP contribution in [0.15, 0.2) is 92.1 Å². The lowest BCUT2D eigenvalue weighted by Crippen LogP contribution is -2.12. The van der Waals surface area contributed by atoms with Crippen molar-refractivity contribution in [3.05, 3.63) is 83.9 Å². The highest BCUT2D eigenvalue weighted by atomic mass is 32.2. The molecule has 52 heavy (non-hydrogen) atoms. The molecule has 10 nitrogen and oxygen atoms in total. The molecule has 3 aromatic carbocycles. The number of rotatable bonds is 22. The zero-order chi connectivity index (χ0) is 36.4. The zero-order valence-corrected chi connectivity index (χ0v) is 31.5. The summed E-state index contributed by atoms with van der Waals surface area (Å²) in [6, 6.07) is 19.9. The molecule has 2 heterocycles. The Hall–Kier alpha value is -4.42. The molecule has 0 atom stereocenters. The van der Waals surface area contributed by atoms with Crippen LogP contribution >= 0.6 is 23.5 Å². The average Bonchev–Trinajstić information content (AvgIpc) is 3.85. The largest absolute Gasteiger partial charge is 0.423 e. The van der Waals surface area contributed by atoms with Crippen LogP contribution in [0.5, 0.6) is 11.5 Å². The second kappa shape index (κ2) is 21.2. The van der Waals surface area contributed by atoms with Gasteiger partial charge >= 0.3 is 11.9 Å². The molecular weight excluding hydrogens is 697 g/mol. The number of nitrogens with zero attached hydrogens (tertiary/aromatic N) is 4.